The molecule has 2 heterocycles. The Morgan fingerprint density at radius 2 is 1.86 bits per heavy atom. The van der Waals surface area contributed by atoms with Gasteiger partial charge in [-0.3, -0.25) is 10.1 Å². The third-order valence-corrected chi connectivity index (χ3v) is 9.64. The van der Waals surface area contributed by atoms with Crippen molar-refractivity contribution in [3.8, 4) is 0 Å². The molecule has 1 saturated carbocycles. The SMILES string of the molecule is CC(C)(C)OC(=O)c1cc(CCNC(O)[C@@H]2c3ccccc3C(=O)N([C@H]3CCCC[C@@H]3O)[C@H]2c2ccc(Cl)cc2Cl)cs1. The van der Waals surface area contributed by atoms with E-state index in [-0.39, 0.29) is 11.9 Å². The number of nitrogens with one attached hydrogen (secondary N) is 1. The molecule has 5 atom stereocenters. The quantitative estimate of drug-likeness (QED) is 0.185. The van der Waals surface area contributed by atoms with Crippen LogP contribution in [0.5, 0.6) is 0 Å². The van der Waals surface area contributed by atoms with Crippen LogP contribution in [0, 0.1) is 0 Å². The average Bonchev–Trinajstić information content (AvgIpc) is 3.42. The van der Waals surface area contributed by atoms with Crippen LogP contribution < -0.4 is 5.32 Å². The van der Waals surface area contributed by atoms with Crippen molar-refractivity contribution in [3.63, 3.8) is 0 Å². The van der Waals surface area contributed by atoms with Crippen LogP contribution in [-0.4, -0.2) is 57.5 Å². The van der Waals surface area contributed by atoms with Crippen LogP contribution in [0.3, 0.4) is 0 Å². The number of aliphatic hydroxyl groups is 2. The van der Waals surface area contributed by atoms with Crippen LogP contribution in [0.4, 0.5) is 0 Å². The average molecular weight is 646 g/mol. The maximum Gasteiger partial charge on any atom is 0.348 e. The second-order valence-corrected chi connectivity index (χ2v) is 14.1. The minimum absolute atomic E-state index is 0.186. The molecule has 0 spiro atoms. The fourth-order valence-electron chi connectivity index (χ4n) is 6.22. The maximum absolute atomic E-state index is 14.1. The van der Waals surface area contributed by atoms with Gasteiger partial charge in [0.2, 0.25) is 0 Å². The molecule has 2 aromatic carbocycles. The van der Waals surface area contributed by atoms with Crippen LogP contribution in [0.1, 0.15) is 95.1 Å². The zero-order valence-corrected chi connectivity index (χ0v) is 26.9. The summed E-state index contributed by atoms with van der Waals surface area (Å²) in [5.74, 6) is -1.12. The van der Waals surface area contributed by atoms with Crippen LogP contribution >= 0.6 is 34.5 Å². The number of carbonyl (C=O) groups excluding carboxylic acids is 2. The third-order valence-electron chi connectivity index (χ3n) is 8.12. The highest BCUT2D eigenvalue weighted by molar-refractivity contribution is 7.12. The van der Waals surface area contributed by atoms with Gasteiger partial charge in [-0.2, -0.15) is 0 Å². The molecule has 1 aliphatic heterocycles. The van der Waals surface area contributed by atoms with Crippen LogP contribution in [0.25, 0.3) is 0 Å². The molecule has 230 valence electrons. The molecule has 3 aromatic rings. The van der Waals surface area contributed by atoms with E-state index < -0.39 is 35.9 Å². The Morgan fingerprint density at radius 3 is 2.58 bits per heavy atom. The molecule has 43 heavy (non-hydrogen) atoms. The summed E-state index contributed by atoms with van der Waals surface area (Å²) in [6.45, 7) is 5.93. The van der Waals surface area contributed by atoms with Gasteiger partial charge in [0.05, 0.1) is 18.2 Å². The number of rotatable bonds is 8. The van der Waals surface area contributed by atoms with Crippen LogP contribution in [-0.2, 0) is 11.2 Å². The Balaban J connectivity index is 1.45. The number of nitrogens with zero attached hydrogens (tertiary/aromatic N) is 1. The summed E-state index contributed by atoms with van der Waals surface area (Å²) in [7, 11) is 0. The number of thiophene rings is 1. The number of amides is 1. The first-order valence-electron chi connectivity index (χ1n) is 14.7. The second kappa shape index (κ2) is 13.3. The lowest BCUT2D eigenvalue weighted by molar-refractivity contribution is -0.0226. The first kappa shape index (κ1) is 31.9. The molecule has 1 aliphatic carbocycles. The molecule has 0 saturated heterocycles. The molecule has 5 rings (SSSR count). The molecule has 1 amide bonds. The largest absolute Gasteiger partial charge is 0.456 e. The van der Waals surface area contributed by atoms with E-state index >= 15 is 0 Å². The van der Waals surface area contributed by atoms with Gasteiger partial charge in [0.25, 0.3) is 5.91 Å². The number of carbonyl (C=O) groups is 2. The molecule has 3 N–H and O–H groups in total. The number of esters is 1. The molecule has 2 aliphatic rings. The van der Waals surface area contributed by atoms with Crippen LogP contribution in [0.2, 0.25) is 10.0 Å². The summed E-state index contributed by atoms with van der Waals surface area (Å²) in [5, 5.41) is 29.0. The lowest BCUT2D eigenvalue weighted by Gasteiger charge is -2.49. The molecule has 1 fully saturated rings. The van der Waals surface area contributed by atoms with E-state index in [1.165, 1.54) is 11.3 Å². The summed E-state index contributed by atoms with van der Waals surface area (Å²) in [6, 6.07) is 13.3. The van der Waals surface area contributed by atoms with E-state index in [2.05, 4.69) is 5.32 Å². The zero-order chi connectivity index (χ0) is 30.9. The normalized spacial score (nSPS) is 23.1. The van der Waals surface area contributed by atoms with Gasteiger partial charge in [-0.15, -0.1) is 11.3 Å². The predicted molar refractivity (Wildman–Crippen MR) is 170 cm³/mol. The fourth-order valence-corrected chi connectivity index (χ4v) is 7.57. The summed E-state index contributed by atoms with van der Waals surface area (Å²) < 4.78 is 5.49. The summed E-state index contributed by atoms with van der Waals surface area (Å²) in [6.07, 6.45) is 1.89. The lowest BCUT2D eigenvalue weighted by Crippen LogP contribution is -2.56. The minimum Gasteiger partial charge on any atom is -0.456 e. The van der Waals surface area contributed by atoms with Gasteiger partial charge in [-0.05, 0) is 86.4 Å². The smallest absolute Gasteiger partial charge is 0.348 e. The molecule has 10 heteroatoms. The molecule has 0 radical (unpaired) electrons. The van der Waals surface area contributed by atoms with Gasteiger partial charge >= 0.3 is 5.97 Å². The van der Waals surface area contributed by atoms with E-state index in [4.69, 9.17) is 27.9 Å². The van der Waals surface area contributed by atoms with Gasteiger partial charge in [0, 0.05) is 28.1 Å². The Kier molecular flexibility index (Phi) is 9.86. The van der Waals surface area contributed by atoms with E-state index in [1.54, 1.807) is 23.1 Å². The van der Waals surface area contributed by atoms with Gasteiger partial charge in [0.15, 0.2) is 0 Å². The third kappa shape index (κ3) is 7.11. The number of aliphatic hydroxyl groups excluding tert-OH is 2. The molecule has 0 bridgehead atoms. The molecule has 1 aromatic heterocycles. The van der Waals surface area contributed by atoms with Crippen molar-refractivity contribution in [1.82, 2.24) is 10.2 Å². The van der Waals surface area contributed by atoms with Crippen molar-refractivity contribution >= 4 is 46.4 Å². The highest BCUT2D eigenvalue weighted by Crippen LogP contribution is 2.48. The highest BCUT2D eigenvalue weighted by atomic mass is 35.5. The topological polar surface area (TPSA) is 99.1 Å². The van der Waals surface area contributed by atoms with Crippen molar-refractivity contribution in [2.75, 3.05) is 6.54 Å². The van der Waals surface area contributed by atoms with Crippen LogP contribution in [0.15, 0.2) is 53.9 Å². The Morgan fingerprint density at radius 1 is 1.12 bits per heavy atom. The van der Waals surface area contributed by atoms with E-state index in [1.807, 2.05) is 56.5 Å². The van der Waals surface area contributed by atoms with E-state index in [0.717, 1.165) is 18.4 Å². The van der Waals surface area contributed by atoms with Gasteiger partial charge in [0.1, 0.15) is 16.7 Å². The van der Waals surface area contributed by atoms with Crippen molar-refractivity contribution < 1.29 is 24.5 Å². The first-order chi connectivity index (χ1) is 20.4. The van der Waals surface area contributed by atoms with E-state index in [0.29, 0.717) is 57.4 Å². The van der Waals surface area contributed by atoms with Gasteiger partial charge in [-0.1, -0.05) is 60.3 Å². The van der Waals surface area contributed by atoms with Crippen molar-refractivity contribution in [3.05, 3.63) is 91.1 Å². The second-order valence-electron chi connectivity index (χ2n) is 12.3. The van der Waals surface area contributed by atoms with Gasteiger partial charge < -0.3 is 19.8 Å². The van der Waals surface area contributed by atoms with Gasteiger partial charge in [-0.25, -0.2) is 4.79 Å². The molecule has 1 unspecified atom stereocenters. The summed E-state index contributed by atoms with van der Waals surface area (Å²) in [4.78, 5) is 28.9. The number of benzene rings is 2. The number of ether oxygens (including phenoxy) is 1. The zero-order valence-electron chi connectivity index (χ0n) is 24.6. The Bertz CT molecular complexity index is 1470. The number of hydrogen-bond donors (Lipinski definition) is 3. The minimum atomic E-state index is -1.06. The molecular formula is C33H38Cl2N2O5S. The first-order valence-corrected chi connectivity index (χ1v) is 16.3. The monoisotopic (exact) mass is 644 g/mol. The maximum atomic E-state index is 14.1. The number of fused-ring (bicyclic) bond motifs is 1. The predicted octanol–water partition coefficient (Wildman–Crippen LogP) is 6.75. The van der Waals surface area contributed by atoms with Crippen molar-refractivity contribution in [2.45, 2.75) is 88.8 Å². The molecule has 7 nitrogen and oxygen atoms in total. The standard InChI is InChI=1S/C33H38Cl2N2O5S/c1-33(2,3)42-32(41)27-16-19(18-43-27)14-15-36-30(39)28-21-8-4-5-9-22(21)31(40)37(25-10-6-7-11-26(25)38)29(28)23-13-12-20(34)17-24(23)35/h4-5,8-9,12-13,16-18,25-26,28-30,36,38-39H,6-7,10-11,14-15H2,1-3H3/t25-,26-,28+,29-,30?/m0/s1. The Labute approximate surface area is 266 Å². The summed E-state index contributed by atoms with van der Waals surface area (Å²) in [5.41, 5.74) is 2.27. The van der Waals surface area contributed by atoms with Crippen molar-refractivity contribution in [2.24, 2.45) is 0 Å². The summed E-state index contributed by atoms with van der Waals surface area (Å²) >= 11 is 14.4. The fraction of sp³-hybridized carbons (Fsp3) is 0.455. The highest BCUT2D eigenvalue weighted by Gasteiger charge is 2.48. The number of halogens is 2. The Hall–Kier alpha value is -2.46. The van der Waals surface area contributed by atoms with E-state index in [9.17, 15) is 19.8 Å². The molecular weight excluding hydrogens is 607 g/mol. The number of hydrogen-bond acceptors (Lipinski definition) is 7. The van der Waals surface area contributed by atoms with Crippen molar-refractivity contribution in [1.29, 1.82) is 0 Å². The lowest BCUT2D eigenvalue weighted by atomic mass is 9.76.